The third kappa shape index (κ3) is 10.5. The smallest absolute Gasteiger partial charge is 0.307 e. The lowest BCUT2D eigenvalue weighted by Crippen LogP contribution is -2.37. The van der Waals surface area contributed by atoms with Gasteiger partial charge in [0.15, 0.2) is 9.84 Å². The molecule has 0 fully saturated rings. The highest BCUT2D eigenvalue weighted by molar-refractivity contribution is 7.92. The average Bonchev–Trinajstić information content (AvgIpc) is 2.95. The summed E-state index contributed by atoms with van der Waals surface area (Å²) in [4.78, 5) is 26.3. The first-order valence-corrected chi connectivity index (χ1v) is 18.5. The zero-order chi connectivity index (χ0) is 36.0. The molecule has 9 heteroatoms. The Balaban J connectivity index is 2.25. The van der Waals surface area contributed by atoms with Crippen LogP contribution in [0.5, 0.6) is 11.5 Å². The molecule has 47 heavy (non-hydrogen) atoms. The van der Waals surface area contributed by atoms with Crippen molar-refractivity contribution in [2.45, 2.75) is 144 Å². The Morgan fingerprint density at radius 1 is 0.638 bits per heavy atom. The van der Waals surface area contributed by atoms with Gasteiger partial charge in [-0.25, -0.2) is 8.42 Å². The number of aromatic hydroxyl groups is 2. The standard InChI is InChI=1S/C38H58O8S/c1-21(2)13-29(17-35(39)45-19-33-25(9)15-31(23(5)6)37(41)27(33)11)47(43,44)30(14-22(3)4)18-36(40)46-20-34-26(10)16-32(24(7)8)38(42)28(34)12/h15-16,21-24,29-30,41-42H,13-14,17-20H2,1-12H3. The minimum Gasteiger partial charge on any atom is -0.507 e. The van der Waals surface area contributed by atoms with Crippen LogP contribution in [-0.4, -0.2) is 41.1 Å². The van der Waals surface area contributed by atoms with Crippen molar-refractivity contribution in [2.24, 2.45) is 11.8 Å². The topological polar surface area (TPSA) is 127 Å². The number of hydrogen-bond acceptors (Lipinski definition) is 8. The Kier molecular flexibility index (Phi) is 14.4. The monoisotopic (exact) mass is 674 g/mol. The molecule has 8 nitrogen and oxygen atoms in total. The van der Waals surface area contributed by atoms with Crippen LogP contribution in [0.1, 0.15) is 137 Å². The number of ether oxygens (including phenoxy) is 2. The third-order valence-corrected chi connectivity index (χ3v) is 11.6. The fourth-order valence-electron chi connectivity index (χ4n) is 6.20. The first-order valence-electron chi connectivity index (χ1n) is 16.9. The predicted octanol–water partition coefficient (Wildman–Crippen LogP) is 8.39. The van der Waals surface area contributed by atoms with Gasteiger partial charge in [0.05, 0.1) is 23.3 Å². The molecule has 0 heterocycles. The molecule has 2 rings (SSSR count). The highest BCUT2D eigenvalue weighted by atomic mass is 32.2. The minimum atomic E-state index is -3.97. The Morgan fingerprint density at radius 2 is 0.957 bits per heavy atom. The van der Waals surface area contributed by atoms with Gasteiger partial charge < -0.3 is 19.7 Å². The number of phenols is 2. The summed E-state index contributed by atoms with van der Waals surface area (Å²) in [6, 6.07) is 3.79. The molecule has 0 aliphatic carbocycles. The number of carbonyl (C=O) groups is 2. The van der Waals surface area contributed by atoms with Gasteiger partial charge in [0.2, 0.25) is 0 Å². The van der Waals surface area contributed by atoms with Crippen molar-refractivity contribution in [1.29, 1.82) is 0 Å². The van der Waals surface area contributed by atoms with E-state index in [1.807, 2.05) is 81.4 Å². The lowest BCUT2D eigenvalue weighted by atomic mass is 9.93. The highest BCUT2D eigenvalue weighted by Gasteiger charge is 2.38. The number of phenolic OH excluding ortho intramolecular Hbond substituents is 2. The van der Waals surface area contributed by atoms with Crippen molar-refractivity contribution in [3.05, 3.63) is 56.6 Å². The normalized spacial score (nSPS) is 13.4. The number of rotatable bonds is 16. The second-order valence-corrected chi connectivity index (χ2v) is 17.1. The molecule has 2 aromatic carbocycles. The molecule has 0 aliphatic rings. The molecule has 0 saturated carbocycles. The molecular formula is C38H58O8S. The van der Waals surface area contributed by atoms with E-state index in [9.17, 15) is 28.2 Å². The second kappa shape index (κ2) is 16.8. The van der Waals surface area contributed by atoms with E-state index >= 15 is 0 Å². The van der Waals surface area contributed by atoms with Gasteiger partial charge in [-0.1, -0.05) is 67.5 Å². The molecule has 2 aromatic rings. The number of sulfone groups is 1. The second-order valence-electron chi connectivity index (χ2n) is 14.6. The van der Waals surface area contributed by atoms with Crippen LogP contribution in [0, 0.1) is 39.5 Å². The fraction of sp³-hybridized carbons (Fsp3) is 0.632. The summed E-state index contributed by atoms with van der Waals surface area (Å²) in [5, 5.41) is 19.3. The molecule has 0 aliphatic heterocycles. The number of aryl methyl sites for hydroxylation is 2. The quantitative estimate of drug-likeness (QED) is 0.170. The summed E-state index contributed by atoms with van der Waals surface area (Å²) in [5.41, 5.74) is 6.08. The summed E-state index contributed by atoms with van der Waals surface area (Å²) < 4.78 is 39.5. The molecular weight excluding hydrogens is 616 g/mol. The molecule has 0 bridgehead atoms. The van der Waals surface area contributed by atoms with Gasteiger partial charge in [-0.3, -0.25) is 9.59 Å². The van der Waals surface area contributed by atoms with E-state index in [0.29, 0.717) is 22.3 Å². The van der Waals surface area contributed by atoms with E-state index < -0.39 is 32.3 Å². The van der Waals surface area contributed by atoms with Gasteiger partial charge in [-0.2, -0.15) is 0 Å². The summed E-state index contributed by atoms with van der Waals surface area (Å²) in [7, 11) is -3.97. The Bertz CT molecular complexity index is 1410. The molecule has 0 spiro atoms. The van der Waals surface area contributed by atoms with Crippen molar-refractivity contribution in [3.8, 4) is 11.5 Å². The average molecular weight is 675 g/mol. The lowest BCUT2D eigenvalue weighted by Gasteiger charge is -2.26. The van der Waals surface area contributed by atoms with Gasteiger partial charge in [-0.15, -0.1) is 0 Å². The van der Waals surface area contributed by atoms with Crippen molar-refractivity contribution in [1.82, 2.24) is 0 Å². The van der Waals surface area contributed by atoms with Crippen molar-refractivity contribution < 1.29 is 37.7 Å². The van der Waals surface area contributed by atoms with Gasteiger partial charge in [0.25, 0.3) is 0 Å². The van der Waals surface area contributed by atoms with Gasteiger partial charge in [0, 0.05) is 0 Å². The van der Waals surface area contributed by atoms with Gasteiger partial charge in [0.1, 0.15) is 24.7 Å². The third-order valence-electron chi connectivity index (χ3n) is 9.04. The van der Waals surface area contributed by atoms with Crippen LogP contribution in [0.25, 0.3) is 0 Å². The van der Waals surface area contributed by atoms with Crippen LogP contribution in [0.15, 0.2) is 12.1 Å². The van der Waals surface area contributed by atoms with E-state index in [4.69, 9.17) is 9.47 Å². The van der Waals surface area contributed by atoms with E-state index in [0.717, 1.165) is 22.3 Å². The van der Waals surface area contributed by atoms with Crippen LogP contribution >= 0.6 is 0 Å². The lowest BCUT2D eigenvalue weighted by molar-refractivity contribution is -0.145. The number of carbonyl (C=O) groups excluding carboxylic acids is 2. The van der Waals surface area contributed by atoms with Crippen LogP contribution in [0.3, 0.4) is 0 Å². The number of benzene rings is 2. The van der Waals surface area contributed by atoms with Crippen LogP contribution in [-0.2, 0) is 42.1 Å². The SMILES string of the molecule is Cc1cc(C(C)C)c(O)c(C)c1COC(=O)CC(CC(C)C)S(=O)(=O)C(CC(=O)OCc1c(C)cc(C(C)C)c(O)c1C)CC(C)C. The zero-order valence-electron chi connectivity index (χ0n) is 30.6. The van der Waals surface area contributed by atoms with Gasteiger partial charge >= 0.3 is 11.9 Å². The van der Waals surface area contributed by atoms with Crippen molar-refractivity contribution in [2.75, 3.05) is 0 Å². The Hall–Kier alpha value is -3.07. The van der Waals surface area contributed by atoms with E-state index in [-0.39, 0.29) is 74.1 Å². The van der Waals surface area contributed by atoms with E-state index in [2.05, 4.69) is 0 Å². The summed E-state index contributed by atoms with van der Waals surface area (Å²) in [5.74, 6) is -0.734. The Morgan fingerprint density at radius 3 is 1.23 bits per heavy atom. The van der Waals surface area contributed by atoms with Crippen molar-refractivity contribution >= 4 is 21.8 Å². The molecule has 2 atom stereocenters. The zero-order valence-corrected chi connectivity index (χ0v) is 31.4. The minimum absolute atomic E-state index is 0.0216. The highest BCUT2D eigenvalue weighted by Crippen LogP contribution is 2.35. The molecule has 264 valence electrons. The molecule has 0 saturated heterocycles. The number of esters is 2. The maximum absolute atomic E-state index is 14.1. The summed E-state index contributed by atoms with van der Waals surface area (Å²) in [6.07, 6.45) is -0.192. The van der Waals surface area contributed by atoms with Crippen LogP contribution < -0.4 is 0 Å². The van der Waals surface area contributed by atoms with Crippen LogP contribution in [0.4, 0.5) is 0 Å². The van der Waals surface area contributed by atoms with E-state index in [1.165, 1.54) is 0 Å². The maximum Gasteiger partial charge on any atom is 0.307 e. The summed E-state index contributed by atoms with van der Waals surface area (Å²) >= 11 is 0. The largest absolute Gasteiger partial charge is 0.507 e. The fourth-order valence-corrected chi connectivity index (χ4v) is 8.79. The molecule has 0 aromatic heterocycles. The van der Waals surface area contributed by atoms with E-state index in [1.54, 1.807) is 13.8 Å². The molecule has 0 amide bonds. The maximum atomic E-state index is 14.1. The van der Waals surface area contributed by atoms with Crippen LogP contribution in [0.2, 0.25) is 0 Å². The van der Waals surface area contributed by atoms with Crippen molar-refractivity contribution in [3.63, 3.8) is 0 Å². The Labute approximate surface area is 283 Å². The molecule has 0 radical (unpaired) electrons. The molecule has 2 N–H and O–H groups in total. The molecule has 2 unspecified atom stereocenters. The summed E-state index contributed by atoms with van der Waals surface area (Å²) in [6.45, 7) is 22.8. The first kappa shape index (κ1) is 40.1. The van der Waals surface area contributed by atoms with Gasteiger partial charge in [-0.05, 0) is 109 Å². The first-order chi connectivity index (χ1) is 21.7. The number of hydrogen-bond donors (Lipinski definition) is 2. The predicted molar refractivity (Wildman–Crippen MR) is 188 cm³/mol.